The molecule has 0 aliphatic carbocycles. The number of nitrogens with one attached hydrogen (secondary N) is 1. The van der Waals surface area contributed by atoms with Crippen molar-refractivity contribution in [2.45, 2.75) is 71.0 Å². The lowest BCUT2D eigenvalue weighted by molar-refractivity contribution is 0.252. The lowest BCUT2D eigenvalue weighted by atomic mass is 9.80. The van der Waals surface area contributed by atoms with E-state index in [-0.39, 0.29) is 0 Å². The number of aryl methyl sites for hydroxylation is 3. The molecule has 0 amide bonds. The highest BCUT2D eigenvalue weighted by atomic mass is 15.2. The number of anilines is 1. The molecule has 0 spiro atoms. The number of fused-ring (bicyclic) bond motifs is 2. The van der Waals surface area contributed by atoms with Gasteiger partial charge in [0, 0.05) is 23.8 Å². The Morgan fingerprint density at radius 1 is 1.00 bits per heavy atom. The molecule has 2 aliphatic heterocycles. The summed E-state index contributed by atoms with van der Waals surface area (Å²) in [4.78, 5) is 2.78. The SMILES string of the molecule is CNC1CC2CCCC(C1)N2c1c(C)cc(C)cc1C. The summed E-state index contributed by atoms with van der Waals surface area (Å²) in [7, 11) is 2.12. The predicted octanol–water partition coefficient (Wildman–Crippen LogP) is 3.72. The van der Waals surface area contributed by atoms with Crippen molar-refractivity contribution in [1.29, 1.82) is 0 Å². The normalized spacial score (nSPS) is 29.6. The van der Waals surface area contributed by atoms with Gasteiger partial charge in [-0.1, -0.05) is 17.7 Å². The van der Waals surface area contributed by atoms with Crippen LogP contribution in [0, 0.1) is 20.8 Å². The first kappa shape index (κ1) is 13.9. The number of piperidine rings is 2. The summed E-state index contributed by atoms with van der Waals surface area (Å²) in [6.07, 6.45) is 6.74. The maximum Gasteiger partial charge on any atom is 0.0430 e. The molecular weight excluding hydrogens is 244 g/mol. The average Bonchev–Trinajstić information content (AvgIpc) is 2.36. The Balaban J connectivity index is 1.98. The zero-order chi connectivity index (χ0) is 14.3. The van der Waals surface area contributed by atoms with Gasteiger partial charge in [0.25, 0.3) is 0 Å². The van der Waals surface area contributed by atoms with Gasteiger partial charge in [-0.3, -0.25) is 0 Å². The van der Waals surface area contributed by atoms with Gasteiger partial charge in [-0.2, -0.15) is 0 Å². The van der Waals surface area contributed by atoms with Crippen LogP contribution in [-0.2, 0) is 0 Å². The van der Waals surface area contributed by atoms with E-state index in [2.05, 4.69) is 50.2 Å². The van der Waals surface area contributed by atoms with Gasteiger partial charge >= 0.3 is 0 Å². The second-order valence-electron chi connectivity index (χ2n) is 6.85. The Morgan fingerprint density at radius 3 is 2.05 bits per heavy atom. The van der Waals surface area contributed by atoms with Crippen molar-refractivity contribution in [2.75, 3.05) is 11.9 Å². The lowest BCUT2D eigenvalue weighted by Crippen LogP contribution is -2.56. The van der Waals surface area contributed by atoms with Gasteiger partial charge < -0.3 is 10.2 Å². The molecule has 2 nitrogen and oxygen atoms in total. The standard InChI is InChI=1S/C18H28N2/c1-12-8-13(2)18(14(3)9-12)20-16-6-5-7-17(20)11-15(10-16)19-4/h8-9,15-17,19H,5-7,10-11H2,1-4H3. The van der Waals surface area contributed by atoms with E-state index in [4.69, 9.17) is 0 Å². The molecule has 1 aromatic rings. The first-order chi connectivity index (χ1) is 9.60. The summed E-state index contributed by atoms with van der Waals surface area (Å²) in [5, 5.41) is 3.52. The molecule has 110 valence electrons. The third kappa shape index (κ3) is 2.35. The Kier molecular flexibility index (Phi) is 3.76. The molecular formula is C18H28N2. The number of hydrogen-bond donors (Lipinski definition) is 1. The van der Waals surface area contributed by atoms with Crippen LogP contribution in [0.25, 0.3) is 0 Å². The van der Waals surface area contributed by atoms with Crippen LogP contribution in [-0.4, -0.2) is 25.2 Å². The maximum absolute atomic E-state index is 3.52. The fraction of sp³-hybridized carbons (Fsp3) is 0.667. The quantitative estimate of drug-likeness (QED) is 0.882. The van der Waals surface area contributed by atoms with E-state index in [9.17, 15) is 0 Å². The van der Waals surface area contributed by atoms with E-state index >= 15 is 0 Å². The molecule has 2 atom stereocenters. The Hall–Kier alpha value is -1.02. The van der Waals surface area contributed by atoms with Crippen molar-refractivity contribution in [1.82, 2.24) is 5.32 Å². The Bertz CT molecular complexity index is 457. The second kappa shape index (κ2) is 5.40. The molecule has 2 heteroatoms. The monoisotopic (exact) mass is 272 g/mol. The molecule has 0 aromatic heterocycles. The Labute approximate surface area is 123 Å². The number of rotatable bonds is 2. The molecule has 1 aromatic carbocycles. The smallest absolute Gasteiger partial charge is 0.0430 e. The van der Waals surface area contributed by atoms with Crippen LogP contribution in [0.1, 0.15) is 48.8 Å². The summed E-state index contributed by atoms with van der Waals surface area (Å²) in [6.45, 7) is 6.78. The fourth-order valence-corrected chi connectivity index (χ4v) is 4.56. The summed E-state index contributed by atoms with van der Waals surface area (Å²) < 4.78 is 0. The van der Waals surface area contributed by atoms with Crippen molar-refractivity contribution < 1.29 is 0 Å². The van der Waals surface area contributed by atoms with Crippen molar-refractivity contribution in [3.63, 3.8) is 0 Å². The Morgan fingerprint density at radius 2 is 1.55 bits per heavy atom. The molecule has 2 unspecified atom stereocenters. The second-order valence-corrected chi connectivity index (χ2v) is 6.85. The molecule has 0 radical (unpaired) electrons. The zero-order valence-electron chi connectivity index (χ0n) is 13.4. The summed E-state index contributed by atoms with van der Waals surface area (Å²) in [6, 6.07) is 6.89. The molecule has 20 heavy (non-hydrogen) atoms. The van der Waals surface area contributed by atoms with Crippen LogP contribution in [0.5, 0.6) is 0 Å². The van der Waals surface area contributed by atoms with Crippen LogP contribution < -0.4 is 10.2 Å². The van der Waals surface area contributed by atoms with Crippen molar-refractivity contribution in [3.8, 4) is 0 Å². The molecule has 0 saturated carbocycles. The summed E-state index contributed by atoms with van der Waals surface area (Å²) >= 11 is 0. The molecule has 3 rings (SSSR count). The van der Waals surface area contributed by atoms with E-state index in [0.717, 1.165) is 12.1 Å². The van der Waals surface area contributed by atoms with E-state index in [0.29, 0.717) is 6.04 Å². The minimum atomic E-state index is 0.715. The number of benzene rings is 1. The average molecular weight is 272 g/mol. The van der Waals surface area contributed by atoms with Gasteiger partial charge in [0.1, 0.15) is 0 Å². The molecule has 2 aliphatic rings. The van der Waals surface area contributed by atoms with Crippen molar-refractivity contribution in [3.05, 3.63) is 28.8 Å². The van der Waals surface area contributed by atoms with Crippen LogP contribution in [0.3, 0.4) is 0 Å². The number of nitrogens with zero attached hydrogens (tertiary/aromatic N) is 1. The van der Waals surface area contributed by atoms with Gasteiger partial charge in [-0.05, 0) is 71.0 Å². The highest BCUT2D eigenvalue weighted by molar-refractivity contribution is 5.62. The topological polar surface area (TPSA) is 15.3 Å². The van der Waals surface area contributed by atoms with Crippen LogP contribution in [0.15, 0.2) is 12.1 Å². The van der Waals surface area contributed by atoms with Crippen molar-refractivity contribution in [2.24, 2.45) is 0 Å². The maximum atomic E-state index is 3.52. The predicted molar refractivity (Wildman–Crippen MR) is 86.6 cm³/mol. The van der Waals surface area contributed by atoms with Gasteiger partial charge in [0.05, 0.1) is 0 Å². The highest BCUT2D eigenvalue weighted by Crippen LogP contribution is 2.40. The summed E-state index contributed by atoms with van der Waals surface area (Å²) in [5.41, 5.74) is 5.84. The molecule has 2 bridgehead atoms. The third-order valence-electron chi connectivity index (χ3n) is 5.28. The van der Waals surface area contributed by atoms with Crippen LogP contribution in [0.2, 0.25) is 0 Å². The van der Waals surface area contributed by atoms with Gasteiger partial charge in [-0.25, -0.2) is 0 Å². The van der Waals surface area contributed by atoms with Gasteiger partial charge in [0.15, 0.2) is 0 Å². The molecule has 2 saturated heterocycles. The molecule has 2 fully saturated rings. The van der Waals surface area contributed by atoms with E-state index in [1.165, 1.54) is 54.5 Å². The van der Waals surface area contributed by atoms with E-state index < -0.39 is 0 Å². The van der Waals surface area contributed by atoms with Gasteiger partial charge in [-0.15, -0.1) is 0 Å². The minimum absolute atomic E-state index is 0.715. The third-order valence-corrected chi connectivity index (χ3v) is 5.28. The fourth-order valence-electron chi connectivity index (χ4n) is 4.56. The lowest BCUT2D eigenvalue weighted by Gasteiger charge is -2.51. The van der Waals surface area contributed by atoms with E-state index in [1.807, 2.05) is 0 Å². The largest absolute Gasteiger partial charge is 0.365 e. The summed E-state index contributed by atoms with van der Waals surface area (Å²) in [5.74, 6) is 0. The van der Waals surface area contributed by atoms with Gasteiger partial charge in [0.2, 0.25) is 0 Å². The molecule has 2 heterocycles. The van der Waals surface area contributed by atoms with Crippen molar-refractivity contribution >= 4 is 5.69 Å². The van der Waals surface area contributed by atoms with Crippen LogP contribution in [0.4, 0.5) is 5.69 Å². The van der Waals surface area contributed by atoms with Crippen LogP contribution >= 0.6 is 0 Å². The number of hydrogen-bond acceptors (Lipinski definition) is 2. The first-order valence-corrected chi connectivity index (χ1v) is 8.13. The van der Waals surface area contributed by atoms with E-state index in [1.54, 1.807) is 0 Å². The minimum Gasteiger partial charge on any atom is -0.365 e. The highest BCUT2D eigenvalue weighted by Gasteiger charge is 2.38. The molecule has 1 N–H and O–H groups in total. The zero-order valence-corrected chi connectivity index (χ0v) is 13.4. The first-order valence-electron chi connectivity index (χ1n) is 8.13.